The monoisotopic (exact) mass is 367 g/mol. The van der Waals surface area contributed by atoms with Gasteiger partial charge in [-0.1, -0.05) is 22.0 Å². The minimum atomic E-state index is -0.205. The molecule has 0 aliphatic rings. The van der Waals surface area contributed by atoms with Gasteiger partial charge >= 0.3 is 0 Å². The van der Waals surface area contributed by atoms with Gasteiger partial charge in [-0.15, -0.1) is 0 Å². The minimum absolute atomic E-state index is 0.205. The zero-order valence-corrected chi connectivity index (χ0v) is 14.5. The number of rotatable bonds is 6. The standard InChI is InChI=1S/C17H19BrFNO2/c1-11-6-14(19)5-4-12(11)9-20-10-13-7-16(21-2)17(22-3)8-15(13)18/h4-8,20H,9-10H2,1-3H3. The van der Waals surface area contributed by atoms with Crippen molar-refractivity contribution in [3.63, 3.8) is 0 Å². The van der Waals surface area contributed by atoms with E-state index in [-0.39, 0.29) is 5.82 Å². The van der Waals surface area contributed by atoms with E-state index in [1.807, 2.05) is 19.1 Å². The van der Waals surface area contributed by atoms with Crippen LogP contribution in [-0.4, -0.2) is 14.2 Å². The van der Waals surface area contributed by atoms with Crippen LogP contribution in [0.1, 0.15) is 16.7 Å². The van der Waals surface area contributed by atoms with Crippen LogP contribution in [0.2, 0.25) is 0 Å². The molecule has 0 aromatic heterocycles. The molecule has 22 heavy (non-hydrogen) atoms. The van der Waals surface area contributed by atoms with Gasteiger partial charge in [-0.25, -0.2) is 4.39 Å². The van der Waals surface area contributed by atoms with E-state index in [1.54, 1.807) is 26.4 Å². The zero-order chi connectivity index (χ0) is 16.1. The summed E-state index contributed by atoms with van der Waals surface area (Å²) in [6.45, 7) is 3.25. The maximum Gasteiger partial charge on any atom is 0.161 e. The Balaban J connectivity index is 2.05. The molecule has 118 valence electrons. The SMILES string of the molecule is COc1cc(Br)c(CNCc2ccc(F)cc2C)cc1OC. The zero-order valence-electron chi connectivity index (χ0n) is 12.9. The van der Waals surface area contributed by atoms with Crippen LogP contribution in [0.4, 0.5) is 4.39 Å². The van der Waals surface area contributed by atoms with Crippen molar-refractivity contribution in [3.8, 4) is 11.5 Å². The van der Waals surface area contributed by atoms with Crippen LogP contribution in [0.3, 0.4) is 0 Å². The summed E-state index contributed by atoms with van der Waals surface area (Å²) < 4.78 is 24.6. The van der Waals surface area contributed by atoms with Crippen LogP contribution in [0.15, 0.2) is 34.8 Å². The van der Waals surface area contributed by atoms with E-state index in [2.05, 4.69) is 21.2 Å². The van der Waals surface area contributed by atoms with Crippen molar-refractivity contribution in [2.75, 3.05) is 14.2 Å². The van der Waals surface area contributed by atoms with E-state index in [0.717, 1.165) is 21.2 Å². The summed E-state index contributed by atoms with van der Waals surface area (Å²) in [4.78, 5) is 0. The van der Waals surface area contributed by atoms with Crippen LogP contribution >= 0.6 is 15.9 Å². The Kier molecular flexibility index (Phi) is 5.80. The average Bonchev–Trinajstić information content (AvgIpc) is 2.50. The highest BCUT2D eigenvalue weighted by atomic mass is 79.9. The molecule has 0 atom stereocenters. The normalized spacial score (nSPS) is 10.6. The predicted octanol–water partition coefficient (Wildman–Crippen LogP) is 4.20. The van der Waals surface area contributed by atoms with E-state index in [0.29, 0.717) is 24.6 Å². The Morgan fingerprint density at radius 1 is 1.00 bits per heavy atom. The van der Waals surface area contributed by atoms with Gasteiger partial charge in [-0.3, -0.25) is 0 Å². The number of benzene rings is 2. The third-order valence-corrected chi connectivity index (χ3v) is 4.23. The van der Waals surface area contributed by atoms with Gasteiger partial charge in [0.1, 0.15) is 5.82 Å². The fourth-order valence-electron chi connectivity index (χ4n) is 2.22. The molecule has 0 aliphatic carbocycles. The lowest BCUT2D eigenvalue weighted by atomic mass is 10.1. The highest BCUT2D eigenvalue weighted by Crippen LogP contribution is 2.33. The summed E-state index contributed by atoms with van der Waals surface area (Å²) in [5.74, 6) is 1.18. The summed E-state index contributed by atoms with van der Waals surface area (Å²) in [7, 11) is 3.23. The minimum Gasteiger partial charge on any atom is -0.493 e. The van der Waals surface area contributed by atoms with Crippen molar-refractivity contribution in [2.45, 2.75) is 20.0 Å². The molecule has 5 heteroatoms. The fraction of sp³-hybridized carbons (Fsp3) is 0.294. The molecule has 0 aliphatic heterocycles. The largest absolute Gasteiger partial charge is 0.493 e. The quantitative estimate of drug-likeness (QED) is 0.829. The molecule has 2 aromatic carbocycles. The molecule has 2 aromatic rings. The van der Waals surface area contributed by atoms with Crippen LogP contribution < -0.4 is 14.8 Å². The summed E-state index contributed by atoms with van der Waals surface area (Å²) in [6.07, 6.45) is 0. The van der Waals surface area contributed by atoms with Gasteiger partial charge in [0.05, 0.1) is 14.2 Å². The Morgan fingerprint density at radius 3 is 2.27 bits per heavy atom. The lowest BCUT2D eigenvalue weighted by Crippen LogP contribution is -2.14. The molecule has 3 nitrogen and oxygen atoms in total. The van der Waals surface area contributed by atoms with E-state index < -0.39 is 0 Å². The molecule has 0 saturated carbocycles. The second-order valence-corrected chi connectivity index (χ2v) is 5.83. The number of hydrogen-bond acceptors (Lipinski definition) is 3. The summed E-state index contributed by atoms with van der Waals surface area (Å²) in [6, 6.07) is 8.66. The fourth-order valence-corrected chi connectivity index (χ4v) is 2.68. The number of nitrogens with one attached hydrogen (secondary N) is 1. The third-order valence-electron chi connectivity index (χ3n) is 3.49. The van der Waals surface area contributed by atoms with Crippen LogP contribution in [-0.2, 0) is 13.1 Å². The van der Waals surface area contributed by atoms with Gasteiger partial charge in [0.15, 0.2) is 11.5 Å². The molecule has 0 spiro atoms. The number of hydrogen-bond donors (Lipinski definition) is 1. The lowest BCUT2D eigenvalue weighted by molar-refractivity contribution is 0.354. The maximum absolute atomic E-state index is 13.1. The molecule has 0 radical (unpaired) electrons. The van der Waals surface area contributed by atoms with Gasteiger partial charge in [-0.05, 0) is 47.9 Å². The van der Waals surface area contributed by atoms with Gasteiger partial charge in [0.25, 0.3) is 0 Å². The first-order valence-corrected chi connectivity index (χ1v) is 7.70. The third kappa shape index (κ3) is 3.99. The molecule has 0 amide bonds. The molecular formula is C17H19BrFNO2. The van der Waals surface area contributed by atoms with Crippen molar-refractivity contribution < 1.29 is 13.9 Å². The Labute approximate surface area is 138 Å². The van der Waals surface area contributed by atoms with Crippen molar-refractivity contribution in [3.05, 3.63) is 57.3 Å². The number of ether oxygens (including phenoxy) is 2. The molecular weight excluding hydrogens is 349 g/mol. The van der Waals surface area contributed by atoms with E-state index in [4.69, 9.17) is 9.47 Å². The summed E-state index contributed by atoms with van der Waals surface area (Å²) >= 11 is 3.54. The molecule has 0 saturated heterocycles. The van der Waals surface area contributed by atoms with Crippen molar-refractivity contribution in [1.29, 1.82) is 0 Å². The second kappa shape index (κ2) is 7.61. The van der Waals surface area contributed by atoms with Crippen LogP contribution in [0.5, 0.6) is 11.5 Å². The Hall–Kier alpha value is -1.59. The van der Waals surface area contributed by atoms with E-state index in [9.17, 15) is 4.39 Å². The Bertz CT molecular complexity index is 661. The highest BCUT2D eigenvalue weighted by Gasteiger charge is 2.09. The first-order chi connectivity index (χ1) is 10.5. The van der Waals surface area contributed by atoms with Crippen molar-refractivity contribution in [2.24, 2.45) is 0 Å². The predicted molar refractivity (Wildman–Crippen MR) is 88.9 cm³/mol. The molecule has 0 bridgehead atoms. The lowest BCUT2D eigenvalue weighted by Gasteiger charge is -2.13. The van der Waals surface area contributed by atoms with Gasteiger partial charge in [-0.2, -0.15) is 0 Å². The first-order valence-electron chi connectivity index (χ1n) is 6.91. The number of methoxy groups -OCH3 is 2. The van der Waals surface area contributed by atoms with Crippen LogP contribution in [0.25, 0.3) is 0 Å². The van der Waals surface area contributed by atoms with Gasteiger partial charge in [0, 0.05) is 17.6 Å². The van der Waals surface area contributed by atoms with Gasteiger partial charge in [0.2, 0.25) is 0 Å². The smallest absolute Gasteiger partial charge is 0.161 e. The summed E-state index contributed by atoms with van der Waals surface area (Å²) in [5.41, 5.74) is 3.09. The average molecular weight is 368 g/mol. The first kappa shape index (κ1) is 16.8. The van der Waals surface area contributed by atoms with Crippen LogP contribution in [0, 0.1) is 12.7 Å². The second-order valence-electron chi connectivity index (χ2n) is 4.97. The molecule has 0 unspecified atom stereocenters. The van der Waals surface area contributed by atoms with E-state index in [1.165, 1.54) is 6.07 Å². The molecule has 2 rings (SSSR count). The van der Waals surface area contributed by atoms with Crippen molar-refractivity contribution >= 4 is 15.9 Å². The molecule has 1 N–H and O–H groups in total. The maximum atomic E-state index is 13.1. The number of halogens is 2. The van der Waals surface area contributed by atoms with Gasteiger partial charge < -0.3 is 14.8 Å². The topological polar surface area (TPSA) is 30.5 Å². The molecule has 0 heterocycles. The van der Waals surface area contributed by atoms with E-state index >= 15 is 0 Å². The highest BCUT2D eigenvalue weighted by molar-refractivity contribution is 9.10. The molecule has 0 fully saturated rings. The number of aryl methyl sites for hydroxylation is 1. The summed E-state index contributed by atoms with van der Waals surface area (Å²) in [5, 5.41) is 3.36. The Morgan fingerprint density at radius 2 is 1.64 bits per heavy atom. The van der Waals surface area contributed by atoms with Crippen molar-refractivity contribution in [1.82, 2.24) is 5.32 Å².